The number of hydrogen-bond donors (Lipinski definition) is 0. The maximum atomic E-state index is 12.5. The van der Waals surface area contributed by atoms with Crippen LogP contribution in [0.5, 0.6) is 0 Å². The maximum Gasteiger partial charge on any atom is 0.391 e. The number of alkyl halides is 3. The lowest BCUT2D eigenvalue weighted by molar-refractivity contribution is -0.179. The minimum atomic E-state index is -4.07. The van der Waals surface area contributed by atoms with E-state index in [0.29, 0.717) is 19.0 Å². The first-order valence-electron chi connectivity index (χ1n) is 6.00. The predicted molar refractivity (Wildman–Crippen MR) is 62.5 cm³/mol. The predicted octanol–water partition coefficient (Wildman–Crippen LogP) is 2.87. The molecule has 1 fully saturated rings. The lowest BCUT2D eigenvalue weighted by Crippen LogP contribution is -2.39. The van der Waals surface area contributed by atoms with Gasteiger partial charge in [-0.2, -0.15) is 13.2 Å². The highest BCUT2D eigenvalue weighted by Crippen LogP contribution is 2.34. The molecule has 18 heavy (non-hydrogen) atoms. The van der Waals surface area contributed by atoms with Gasteiger partial charge in [-0.15, -0.1) is 0 Å². The number of aromatic nitrogens is 2. The molecule has 0 saturated carbocycles. The summed E-state index contributed by atoms with van der Waals surface area (Å²) in [5, 5.41) is 0. The Morgan fingerprint density at radius 3 is 2.06 bits per heavy atom. The van der Waals surface area contributed by atoms with E-state index in [0.717, 1.165) is 11.4 Å². The van der Waals surface area contributed by atoms with Crippen molar-refractivity contribution in [1.82, 2.24) is 9.97 Å². The fraction of sp³-hybridized carbons (Fsp3) is 0.667. The van der Waals surface area contributed by atoms with Crippen LogP contribution in [0.1, 0.15) is 24.2 Å². The van der Waals surface area contributed by atoms with Crippen molar-refractivity contribution in [1.29, 1.82) is 0 Å². The Kier molecular flexibility index (Phi) is 3.45. The summed E-state index contributed by atoms with van der Waals surface area (Å²) < 4.78 is 37.6. The fourth-order valence-corrected chi connectivity index (χ4v) is 2.26. The molecule has 2 rings (SSSR count). The Morgan fingerprint density at radius 1 is 1.11 bits per heavy atom. The quantitative estimate of drug-likeness (QED) is 0.776. The molecular weight excluding hydrogens is 243 g/mol. The van der Waals surface area contributed by atoms with E-state index in [9.17, 15) is 13.2 Å². The molecule has 0 amide bonds. The molecule has 3 nitrogen and oxygen atoms in total. The molecule has 0 atom stereocenters. The fourth-order valence-electron chi connectivity index (χ4n) is 2.26. The maximum absolute atomic E-state index is 12.5. The van der Waals surface area contributed by atoms with Gasteiger partial charge in [-0.05, 0) is 32.8 Å². The summed E-state index contributed by atoms with van der Waals surface area (Å²) in [5.74, 6) is -0.632. The van der Waals surface area contributed by atoms with Gasteiger partial charge in [-0.3, -0.25) is 0 Å². The molecule has 1 aliphatic rings. The average Bonchev–Trinajstić information content (AvgIpc) is 2.27. The molecule has 0 bridgehead atoms. The van der Waals surface area contributed by atoms with Crippen LogP contribution in [0, 0.1) is 19.8 Å². The van der Waals surface area contributed by atoms with Crippen LogP contribution in [0.2, 0.25) is 0 Å². The van der Waals surface area contributed by atoms with E-state index in [1.165, 1.54) is 0 Å². The average molecular weight is 259 g/mol. The molecule has 1 saturated heterocycles. The highest BCUT2D eigenvalue weighted by Gasteiger charge is 2.41. The van der Waals surface area contributed by atoms with E-state index < -0.39 is 12.1 Å². The smallest absolute Gasteiger partial charge is 0.341 e. The normalized spacial score (nSPS) is 18.2. The summed E-state index contributed by atoms with van der Waals surface area (Å²) in [6.07, 6.45) is -3.82. The third-order valence-electron chi connectivity index (χ3n) is 3.21. The Hall–Kier alpha value is -1.33. The summed E-state index contributed by atoms with van der Waals surface area (Å²) in [6.45, 7) is 4.46. The second-order valence-corrected chi connectivity index (χ2v) is 4.75. The molecular formula is C12H16F3N3. The summed E-state index contributed by atoms with van der Waals surface area (Å²) in [5.41, 5.74) is 1.69. The van der Waals surface area contributed by atoms with E-state index >= 15 is 0 Å². The summed E-state index contributed by atoms with van der Waals surface area (Å²) in [4.78, 5) is 10.4. The summed E-state index contributed by atoms with van der Waals surface area (Å²) in [7, 11) is 0. The topological polar surface area (TPSA) is 29.0 Å². The summed E-state index contributed by atoms with van der Waals surface area (Å²) in [6, 6.07) is 1.85. The summed E-state index contributed by atoms with van der Waals surface area (Å²) >= 11 is 0. The molecule has 2 heterocycles. The molecule has 0 aliphatic carbocycles. The molecule has 1 aromatic rings. The van der Waals surface area contributed by atoms with E-state index in [-0.39, 0.29) is 12.8 Å². The molecule has 0 spiro atoms. The van der Waals surface area contributed by atoms with Gasteiger partial charge < -0.3 is 4.90 Å². The van der Waals surface area contributed by atoms with Crippen LogP contribution < -0.4 is 4.90 Å². The molecule has 0 aromatic carbocycles. The largest absolute Gasteiger partial charge is 0.391 e. The van der Waals surface area contributed by atoms with Crippen LogP contribution >= 0.6 is 0 Å². The van der Waals surface area contributed by atoms with Crippen LogP contribution in [0.3, 0.4) is 0 Å². The minimum Gasteiger partial charge on any atom is -0.341 e. The number of aryl methyl sites for hydroxylation is 2. The van der Waals surface area contributed by atoms with Crippen molar-refractivity contribution >= 4 is 5.95 Å². The highest BCUT2D eigenvalue weighted by molar-refractivity contribution is 5.32. The van der Waals surface area contributed by atoms with Gasteiger partial charge in [0.15, 0.2) is 0 Å². The Labute approximate surface area is 104 Å². The van der Waals surface area contributed by atoms with Crippen LogP contribution in [-0.2, 0) is 0 Å². The van der Waals surface area contributed by atoms with Gasteiger partial charge in [0.2, 0.25) is 5.95 Å². The molecule has 0 unspecified atom stereocenters. The number of piperidine rings is 1. The van der Waals surface area contributed by atoms with Crippen molar-refractivity contribution < 1.29 is 13.2 Å². The van der Waals surface area contributed by atoms with Gasteiger partial charge in [0, 0.05) is 24.5 Å². The first-order chi connectivity index (χ1) is 8.36. The van der Waals surface area contributed by atoms with Crippen LogP contribution in [0.25, 0.3) is 0 Å². The van der Waals surface area contributed by atoms with E-state index in [1.54, 1.807) is 0 Å². The molecule has 100 valence electrons. The van der Waals surface area contributed by atoms with Crippen molar-refractivity contribution in [2.75, 3.05) is 18.0 Å². The first-order valence-corrected chi connectivity index (χ1v) is 6.00. The van der Waals surface area contributed by atoms with Gasteiger partial charge in [-0.1, -0.05) is 0 Å². The number of rotatable bonds is 1. The third-order valence-corrected chi connectivity index (χ3v) is 3.21. The van der Waals surface area contributed by atoms with E-state index in [4.69, 9.17) is 0 Å². The van der Waals surface area contributed by atoms with Crippen molar-refractivity contribution in [3.63, 3.8) is 0 Å². The van der Waals surface area contributed by atoms with Gasteiger partial charge in [-0.25, -0.2) is 9.97 Å². The van der Waals surface area contributed by atoms with Crippen LogP contribution in [0.15, 0.2) is 6.07 Å². The zero-order valence-corrected chi connectivity index (χ0v) is 10.5. The SMILES string of the molecule is Cc1cc(C)nc(N2CCC(C(F)(F)F)CC2)n1. The van der Waals surface area contributed by atoms with Gasteiger partial charge in [0.1, 0.15) is 0 Å². The Bertz CT molecular complexity index is 403. The molecule has 0 radical (unpaired) electrons. The minimum absolute atomic E-state index is 0.125. The zero-order chi connectivity index (χ0) is 13.3. The van der Waals surface area contributed by atoms with Gasteiger partial charge >= 0.3 is 6.18 Å². The van der Waals surface area contributed by atoms with Crippen molar-refractivity contribution in [2.45, 2.75) is 32.9 Å². The second kappa shape index (κ2) is 4.74. The molecule has 1 aromatic heterocycles. The second-order valence-electron chi connectivity index (χ2n) is 4.75. The number of nitrogens with zero attached hydrogens (tertiary/aromatic N) is 3. The number of halogens is 3. The van der Waals surface area contributed by atoms with Gasteiger partial charge in [0.05, 0.1) is 5.92 Å². The van der Waals surface area contributed by atoms with Crippen molar-refractivity contribution in [2.24, 2.45) is 5.92 Å². The highest BCUT2D eigenvalue weighted by atomic mass is 19.4. The first kappa shape index (κ1) is 13.1. The monoisotopic (exact) mass is 259 g/mol. The number of anilines is 1. The Balaban J connectivity index is 2.05. The molecule has 1 aliphatic heterocycles. The van der Waals surface area contributed by atoms with Crippen molar-refractivity contribution in [3.05, 3.63) is 17.5 Å². The van der Waals surface area contributed by atoms with E-state index in [2.05, 4.69) is 9.97 Å². The standard InChI is InChI=1S/C12H16F3N3/c1-8-7-9(2)17-11(16-8)18-5-3-10(4-6-18)12(13,14)15/h7,10H,3-6H2,1-2H3. The van der Waals surface area contributed by atoms with Crippen LogP contribution in [0.4, 0.5) is 19.1 Å². The number of hydrogen-bond acceptors (Lipinski definition) is 3. The lowest BCUT2D eigenvalue weighted by Gasteiger charge is -2.33. The zero-order valence-electron chi connectivity index (χ0n) is 10.5. The van der Waals surface area contributed by atoms with E-state index in [1.807, 2.05) is 24.8 Å². The Morgan fingerprint density at radius 2 is 1.61 bits per heavy atom. The third kappa shape index (κ3) is 2.91. The molecule has 6 heteroatoms. The van der Waals surface area contributed by atoms with Gasteiger partial charge in [0.25, 0.3) is 0 Å². The van der Waals surface area contributed by atoms with Crippen LogP contribution in [-0.4, -0.2) is 29.2 Å². The lowest BCUT2D eigenvalue weighted by atomic mass is 9.96. The molecule has 0 N–H and O–H groups in total. The van der Waals surface area contributed by atoms with Crippen molar-refractivity contribution in [3.8, 4) is 0 Å².